The van der Waals surface area contributed by atoms with Gasteiger partial charge in [-0.3, -0.25) is 4.79 Å². The molecule has 0 aliphatic carbocycles. The van der Waals surface area contributed by atoms with Gasteiger partial charge in [0.25, 0.3) is 0 Å². The highest BCUT2D eigenvalue weighted by Crippen LogP contribution is 2.12. The Labute approximate surface area is 95.9 Å². The first-order valence-electron chi connectivity index (χ1n) is 5.40. The van der Waals surface area contributed by atoms with Gasteiger partial charge in [0.1, 0.15) is 23.7 Å². The normalized spacial score (nSPS) is 9.94. The minimum Gasteiger partial charge on any atom is -0.370 e. The fraction of sp³-hybridized carbons (Fsp3) is 0.545. The zero-order valence-electron chi connectivity index (χ0n) is 10.0. The van der Waals surface area contributed by atoms with Gasteiger partial charge in [0.05, 0.1) is 0 Å². The maximum Gasteiger partial charge on any atom is 0.133 e. The van der Waals surface area contributed by atoms with E-state index in [-0.39, 0.29) is 5.78 Å². The lowest BCUT2D eigenvalue weighted by atomic mass is 10.3. The van der Waals surface area contributed by atoms with Crippen LogP contribution in [0.1, 0.15) is 20.3 Å². The number of ketones is 1. The summed E-state index contributed by atoms with van der Waals surface area (Å²) in [5.74, 6) is 1.82. The molecule has 0 unspecified atom stereocenters. The van der Waals surface area contributed by atoms with Crippen molar-refractivity contribution in [2.45, 2.75) is 20.3 Å². The summed E-state index contributed by atoms with van der Waals surface area (Å²) in [5.41, 5.74) is 0. The van der Waals surface area contributed by atoms with Crippen molar-refractivity contribution in [1.29, 1.82) is 0 Å². The Balaban J connectivity index is 2.63. The van der Waals surface area contributed by atoms with Gasteiger partial charge in [0.2, 0.25) is 0 Å². The van der Waals surface area contributed by atoms with Gasteiger partial charge in [-0.2, -0.15) is 0 Å². The van der Waals surface area contributed by atoms with Gasteiger partial charge < -0.3 is 10.2 Å². The largest absolute Gasteiger partial charge is 0.370 e. The fourth-order valence-electron chi connectivity index (χ4n) is 1.27. The summed E-state index contributed by atoms with van der Waals surface area (Å²) in [4.78, 5) is 21.1. The number of Topliss-reactive ketones (excluding diaryl/α,β-unsaturated/α-hetero) is 1. The van der Waals surface area contributed by atoms with Gasteiger partial charge in [-0.15, -0.1) is 0 Å². The molecule has 5 nitrogen and oxygen atoms in total. The molecule has 0 saturated carbocycles. The molecule has 0 fully saturated rings. The van der Waals surface area contributed by atoms with Gasteiger partial charge in [-0.05, 0) is 13.8 Å². The predicted octanol–water partition coefficient (Wildman–Crippen LogP) is 1.32. The number of anilines is 2. The van der Waals surface area contributed by atoms with Crippen LogP contribution in [-0.2, 0) is 4.79 Å². The van der Waals surface area contributed by atoms with Gasteiger partial charge in [0, 0.05) is 32.6 Å². The van der Waals surface area contributed by atoms with Crippen molar-refractivity contribution < 1.29 is 4.79 Å². The van der Waals surface area contributed by atoms with E-state index in [2.05, 4.69) is 15.3 Å². The lowest BCUT2D eigenvalue weighted by Crippen LogP contribution is -2.21. The maximum atomic E-state index is 10.9. The Morgan fingerprint density at radius 2 is 2.25 bits per heavy atom. The number of nitrogens with one attached hydrogen (secondary N) is 1. The minimum absolute atomic E-state index is 0.188. The number of hydrogen-bond acceptors (Lipinski definition) is 5. The summed E-state index contributed by atoms with van der Waals surface area (Å²) in [5, 5.41) is 3.12. The molecule has 0 radical (unpaired) electrons. The van der Waals surface area contributed by atoms with Crippen molar-refractivity contribution in [1.82, 2.24) is 9.97 Å². The molecule has 0 saturated heterocycles. The predicted molar refractivity (Wildman–Crippen MR) is 64.8 cm³/mol. The van der Waals surface area contributed by atoms with Crippen LogP contribution in [0, 0.1) is 0 Å². The highest BCUT2D eigenvalue weighted by atomic mass is 16.1. The van der Waals surface area contributed by atoms with Crippen molar-refractivity contribution in [3.05, 3.63) is 12.4 Å². The Bertz CT molecular complexity index is 354. The van der Waals surface area contributed by atoms with E-state index in [9.17, 15) is 4.79 Å². The van der Waals surface area contributed by atoms with Crippen molar-refractivity contribution in [2.24, 2.45) is 0 Å². The molecule has 1 aromatic heterocycles. The van der Waals surface area contributed by atoms with Crippen LogP contribution in [0.5, 0.6) is 0 Å². The Morgan fingerprint density at radius 3 is 2.88 bits per heavy atom. The lowest BCUT2D eigenvalue weighted by Gasteiger charge is -2.17. The molecule has 0 amide bonds. The van der Waals surface area contributed by atoms with Crippen LogP contribution >= 0.6 is 0 Å². The second-order valence-corrected chi connectivity index (χ2v) is 3.67. The van der Waals surface area contributed by atoms with Crippen LogP contribution in [0.3, 0.4) is 0 Å². The number of rotatable bonds is 6. The van der Waals surface area contributed by atoms with E-state index in [4.69, 9.17) is 0 Å². The molecular weight excluding hydrogens is 204 g/mol. The molecule has 88 valence electrons. The SMILES string of the molecule is CCNc1cc(N(C)CCC(C)=O)ncn1. The van der Waals surface area contributed by atoms with Gasteiger partial charge in [-0.1, -0.05) is 0 Å². The van der Waals surface area contributed by atoms with Gasteiger partial charge >= 0.3 is 0 Å². The van der Waals surface area contributed by atoms with Crippen LogP contribution in [0.2, 0.25) is 0 Å². The number of hydrogen-bond donors (Lipinski definition) is 1. The average molecular weight is 222 g/mol. The van der Waals surface area contributed by atoms with Gasteiger partial charge in [0.15, 0.2) is 0 Å². The zero-order chi connectivity index (χ0) is 12.0. The van der Waals surface area contributed by atoms with E-state index < -0.39 is 0 Å². The average Bonchev–Trinajstić information content (AvgIpc) is 2.26. The molecule has 16 heavy (non-hydrogen) atoms. The maximum absolute atomic E-state index is 10.9. The van der Waals surface area contributed by atoms with E-state index in [0.29, 0.717) is 13.0 Å². The van der Waals surface area contributed by atoms with E-state index in [1.165, 1.54) is 6.33 Å². The highest BCUT2D eigenvalue weighted by Gasteiger charge is 2.04. The van der Waals surface area contributed by atoms with Crippen LogP contribution < -0.4 is 10.2 Å². The molecule has 5 heteroatoms. The van der Waals surface area contributed by atoms with Crippen molar-refractivity contribution >= 4 is 17.4 Å². The molecule has 1 heterocycles. The number of nitrogens with zero attached hydrogens (tertiary/aromatic N) is 3. The quantitative estimate of drug-likeness (QED) is 0.786. The molecule has 0 atom stereocenters. The second-order valence-electron chi connectivity index (χ2n) is 3.67. The molecule has 0 aliphatic rings. The fourth-order valence-corrected chi connectivity index (χ4v) is 1.27. The van der Waals surface area contributed by atoms with Crippen LogP contribution in [-0.4, -0.2) is 35.9 Å². The third-order valence-electron chi connectivity index (χ3n) is 2.20. The minimum atomic E-state index is 0.188. The molecule has 0 aromatic carbocycles. The number of aromatic nitrogens is 2. The summed E-state index contributed by atoms with van der Waals surface area (Å²) >= 11 is 0. The van der Waals surface area contributed by atoms with Gasteiger partial charge in [-0.25, -0.2) is 9.97 Å². The molecule has 1 N–H and O–H groups in total. The van der Waals surface area contributed by atoms with Crippen molar-refractivity contribution in [3.63, 3.8) is 0 Å². The smallest absolute Gasteiger partial charge is 0.133 e. The van der Waals surface area contributed by atoms with E-state index in [0.717, 1.165) is 18.2 Å². The summed E-state index contributed by atoms with van der Waals surface area (Å²) in [6.07, 6.45) is 2.06. The Hall–Kier alpha value is -1.65. The molecular formula is C11H18N4O. The summed E-state index contributed by atoms with van der Waals surface area (Å²) < 4.78 is 0. The first-order chi connectivity index (χ1) is 7.63. The second kappa shape index (κ2) is 6.05. The van der Waals surface area contributed by atoms with Crippen molar-refractivity contribution in [3.8, 4) is 0 Å². The topological polar surface area (TPSA) is 58.1 Å². The monoisotopic (exact) mass is 222 g/mol. The summed E-state index contributed by atoms with van der Waals surface area (Å²) in [6, 6.07) is 1.88. The molecule has 0 bridgehead atoms. The molecule has 1 aromatic rings. The zero-order valence-corrected chi connectivity index (χ0v) is 10.0. The van der Waals surface area contributed by atoms with Crippen LogP contribution in [0.15, 0.2) is 12.4 Å². The van der Waals surface area contributed by atoms with Crippen molar-refractivity contribution in [2.75, 3.05) is 30.4 Å². The lowest BCUT2D eigenvalue weighted by molar-refractivity contribution is -0.116. The first-order valence-corrected chi connectivity index (χ1v) is 5.40. The molecule has 0 spiro atoms. The molecule has 1 rings (SSSR count). The summed E-state index contributed by atoms with van der Waals surface area (Å²) in [7, 11) is 1.92. The van der Waals surface area contributed by atoms with Crippen LogP contribution in [0.25, 0.3) is 0 Å². The Kier molecular flexibility index (Phi) is 4.69. The first kappa shape index (κ1) is 12.4. The third-order valence-corrected chi connectivity index (χ3v) is 2.20. The highest BCUT2D eigenvalue weighted by molar-refractivity contribution is 5.76. The third kappa shape index (κ3) is 3.84. The van der Waals surface area contributed by atoms with Crippen LogP contribution in [0.4, 0.5) is 11.6 Å². The van der Waals surface area contributed by atoms with E-state index >= 15 is 0 Å². The van der Waals surface area contributed by atoms with E-state index in [1.807, 2.05) is 24.9 Å². The van der Waals surface area contributed by atoms with E-state index in [1.54, 1.807) is 6.92 Å². The molecule has 0 aliphatic heterocycles. The Morgan fingerprint density at radius 1 is 1.50 bits per heavy atom. The number of carbonyl (C=O) groups is 1. The standard InChI is InChI=1S/C11H18N4O/c1-4-12-10-7-11(14-8-13-10)15(3)6-5-9(2)16/h7-8H,4-6H2,1-3H3,(H,12,13,14). The number of carbonyl (C=O) groups excluding carboxylic acids is 1. The summed E-state index contributed by atoms with van der Waals surface area (Å²) in [6.45, 7) is 5.12.